The number of benzene rings is 3. The van der Waals surface area contributed by atoms with Crippen LogP contribution in [0.3, 0.4) is 0 Å². The molecular formula is C24H21ClF3N3O4S. The number of nitrogens with one attached hydrogen (secondary N) is 1. The fourth-order valence-corrected chi connectivity index (χ4v) is 4.68. The Morgan fingerprint density at radius 2 is 1.69 bits per heavy atom. The molecule has 0 bridgehead atoms. The van der Waals surface area contributed by atoms with Crippen molar-refractivity contribution in [2.24, 2.45) is 5.10 Å². The lowest BCUT2D eigenvalue weighted by Crippen LogP contribution is -2.39. The maximum Gasteiger partial charge on any atom is 0.417 e. The van der Waals surface area contributed by atoms with Crippen LogP contribution in [-0.2, 0) is 21.0 Å². The van der Waals surface area contributed by atoms with E-state index in [1.807, 2.05) is 0 Å². The maximum atomic E-state index is 13.3. The van der Waals surface area contributed by atoms with E-state index >= 15 is 0 Å². The zero-order chi connectivity index (χ0) is 26.3. The lowest BCUT2D eigenvalue weighted by atomic mass is 10.1. The predicted octanol–water partition coefficient (Wildman–Crippen LogP) is 5.10. The normalized spacial score (nSPS) is 11.9. The van der Waals surface area contributed by atoms with Crippen molar-refractivity contribution >= 4 is 39.4 Å². The maximum absolute atomic E-state index is 13.3. The lowest BCUT2D eigenvalue weighted by Gasteiger charge is -2.24. The number of halogens is 4. The Kier molecular flexibility index (Phi) is 8.59. The van der Waals surface area contributed by atoms with Gasteiger partial charge in [0.1, 0.15) is 12.3 Å². The Hall–Kier alpha value is -3.57. The number of alkyl halides is 3. The predicted molar refractivity (Wildman–Crippen MR) is 131 cm³/mol. The average Bonchev–Trinajstić information content (AvgIpc) is 2.83. The van der Waals surface area contributed by atoms with E-state index in [1.54, 1.807) is 19.1 Å². The van der Waals surface area contributed by atoms with Gasteiger partial charge in [-0.25, -0.2) is 13.8 Å². The van der Waals surface area contributed by atoms with Gasteiger partial charge in [-0.3, -0.25) is 9.10 Å². The molecule has 0 aliphatic carbocycles. The van der Waals surface area contributed by atoms with E-state index in [4.69, 9.17) is 16.3 Å². The molecule has 0 unspecified atom stereocenters. The molecule has 3 rings (SSSR count). The molecule has 3 aromatic carbocycles. The molecule has 0 spiro atoms. The van der Waals surface area contributed by atoms with Crippen molar-refractivity contribution in [3.8, 4) is 5.75 Å². The molecule has 0 saturated carbocycles. The summed E-state index contributed by atoms with van der Waals surface area (Å²) in [6, 6.07) is 16.1. The number of carbonyl (C=O) groups is 1. The summed E-state index contributed by atoms with van der Waals surface area (Å²) in [4.78, 5) is 12.5. The van der Waals surface area contributed by atoms with E-state index in [-0.39, 0.29) is 16.1 Å². The first-order valence-electron chi connectivity index (χ1n) is 10.5. The molecule has 0 atom stereocenters. The number of hydrogen-bond donors (Lipinski definition) is 1. The van der Waals surface area contributed by atoms with Crippen LogP contribution >= 0.6 is 11.6 Å². The van der Waals surface area contributed by atoms with Crippen LogP contribution in [0.1, 0.15) is 18.1 Å². The van der Waals surface area contributed by atoms with E-state index in [9.17, 15) is 26.4 Å². The SMILES string of the molecule is CCOc1ccc(N(CC(=O)N/N=C\c2ccccc2C(F)(F)F)S(=O)(=O)c2ccc(Cl)cc2)cc1. The fraction of sp³-hybridized carbons (Fsp3) is 0.167. The van der Waals surface area contributed by atoms with Gasteiger partial charge >= 0.3 is 6.18 Å². The number of carbonyl (C=O) groups excluding carboxylic acids is 1. The monoisotopic (exact) mass is 539 g/mol. The van der Waals surface area contributed by atoms with Gasteiger partial charge in [-0.1, -0.05) is 29.8 Å². The van der Waals surface area contributed by atoms with Gasteiger partial charge in [0, 0.05) is 10.6 Å². The molecule has 3 aromatic rings. The second-order valence-electron chi connectivity index (χ2n) is 7.27. The van der Waals surface area contributed by atoms with Gasteiger partial charge < -0.3 is 4.74 Å². The summed E-state index contributed by atoms with van der Waals surface area (Å²) in [7, 11) is -4.22. The number of nitrogens with zero attached hydrogens (tertiary/aromatic N) is 2. The number of amides is 1. The quantitative estimate of drug-likeness (QED) is 0.302. The minimum Gasteiger partial charge on any atom is -0.494 e. The van der Waals surface area contributed by atoms with Crippen LogP contribution in [0.4, 0.5) is 18.9 Å². The third-order valence-electron chi connectivity index (χ3n) is 4.78. The Labute approximate surface area is 211 Å². The highest BCUT2D eigenvalue weighted by Crippen LogP contribution is 2.31. The van der Waals surface area contributed by atoms with Crippen molar-refractivity contribution in [1.29, 1.82) is 0 Å². The Morgan fingerprint density at radius 1 is 1.06 bits per heavy atom. The van der Waals surface area contributed by atoms with Gasteiger partial charge in [-0.2, -0.15) is 18.3 Å². The third-order valence-corrected chi connectivity index (χ3v) is 6.82. The summed E-state index contributed by atoms with van der Waals surface area (Å²) >= 11 is 5.86. The third kappa shape index (κ3) is 6.76. The highest BCUT2D eigenvalue weighted by Gasteiger charge is 2.32. The van der Waals surface area contributed by atoms with E-state index < -0.39 is 34.2 Å². The van der Waals surface area contributed by atoms with Crippen molar-refractivity contribution in [2.75, 3.05) is 17.5 Å². The van der Waals surface area contributed by atoms with Gasteiger partial charge in [0.2, 0.25) is 0 Å². The summed E-state index contributed by atoms with van der Waals surface area (Å²) in [5, 5.41) is 3.91. The number of anilines is 1. The molecule has 36 heavy (non-hydrogen) atoms. The van der Waals surface area contributed by atoms with Gasteiger partial charge in [0.25, 0.3) is 15.9 Å². The van der Waals surface area contributed by atoms with Crippen molar-refractivity contribution in [3.05, 3.63) is 88.9 Å². The second-order valence-corrected chi connectivity index (χ2v) is 9.57. The summed E-state index contributed by atoms with van der Waals surface area (Å²) in [6.07, 6.45) is -3.76. The lowest BCUT2D eigenvalue weighted by molar-refractivity contribution is -0.137. The molecule has 0 aromatic heterocycles. The van der Waals surface area contributed by atoms with Crippen LogP contribution < -0.4 is 14.5 Å². The molecule has 0 saturated heterocycles. The first-order valence-corrected chi connectivity index (χ1v) is 12.3. The highest BCUT2D eigenvalue weighted by atomic mass is 35.5. The Morgan fingerprint density at radius 3 is 2.31 bits per heavy atom. The molecule has 0 heterocycles. The minimum absolute atomic E-state index is 0.115. The number of ether oxygens (including phenoxy) is 1. The summed E-state index contributed by atoms with van der Waals surface area (Å²) < 4.78 is 72.4. The minimum atomic E-state index is -4.61. The van der Waals surface area contributed by atoms with Gasteiger partial charge in [-0.05, 0) is 61.5 Å². The standard InChI is InChI=1S/C24H21ClF3N3O4S/c1-2-35-20-11-9-19(10-12-20)31(36(33,34)21-13-7-18(25)8-14-21)16-23(32)30-29-15-17-5-3-4-6-22(17)24(26,27)28/h3-15H,2,16H2,1H3,(H,30,32)/b29-15-. The van der Waals surface area contributed by atoms with E-state index in [0.717, 1.165) is 16.6 Å². The molecule has 1 amide bonds. The van der Waals surface area contributed by atoms with Crippen molar-refractivity contribution in [3.63, 3.8) is 0 Å². The van der Waals surface area contributed by atoms with E-state index in [2.05, 4.69) is 10.5 Å². The molecule has 12 heteroatoms. The molecule has 0 fully saturated rings. The van der Waals surface area contributed by atoms with E-state index in [1.165, 1.54) is 54.6 Å². The van der Waals surface area contributed by atoms with Crippen LogP contribution in [0, 0.1) is 0 Å². The first-order chi connectivity index (χ1) is 17.0. The number of hydrogen-bond acceptors (Lipinski definition) is 5. The number of hydrazone groups is 1. The summed E-state index contributed by atoms with van der Waals surface area (Å²) in [6.45, 7) is 1.50. The van der Waals surface area contributed by atoms with Crippen molar-refractivity contribution < 1.29 is 31.1 Å². The van der Waals surface area contributed by atoms with Gasteiger partial charge in [0.15, 0.2) is 0 Å². The number of rotatable bonds is 9. The van der Waals surface area contributed by atoms with Crippen LogP contribution in [0.2, 0.25) is 5.02 Å². The zero-order valence-electron chi connectivity index (χ0n) is 18.9. The fourth-order valence-electron chi connectivity index (χ4n) is 3.13. The van der Waals surface area contributed by atoms with Crippen LogP contribution in [0.5, 0.6) is 5.75 Å². The van der Waals surface area contributed by atoms with Crippen LogP contribution in [0.25, 0.3) is 0 Å². The zero-order valence-corrected chi connectivity index (χ0v) is 20.4. The molecule has 190 valence electrons. The molecular weight excluding hydrogens is 519 g/mol. The molecule has 0 aliphatic heterocycles. The Balaban J connectivity index is 1.86. The highest BCUT2D eigenvalue weighted by molar-refractivity contribution is 7.92. The van der Waals surface area contributed by atoms with Crippen molar-refractivity contribution in [2.45, 2.75) is 18.0 Å². The van der Waals surface area contributed by atoms with Gasteiger partial charge in [-0.15, -0.1) is 0 Å². The van der Waals surface area contributed by atoms with Crippen LogP contribution in [-0.4, -0.2) is 33.7 Å². The molecule has 0 radical (unpaired) electrons. The topological polar surface area (TPSA) is 88.1 Å². The molecule has 7 nitrogen and oxygen atoms in total. The van der Waals surface area contributed by atoms with Gasteiger partial charge in [0.05, 0.1) is 29.0 Å². The summed E-state index contributed by atoms with van der Waals surface area (Å²) in [5.41, 5.74) is 1.06. The molecule has 0 aliphatic rings. The Bertz CT molecular complexity index is 1330. The van der Waals surface area contributed by atoms with E-state index in [0.29, 0.717) is 17.4 Å². The smallest absolute Gasteiger partial charge is 0.417 e. The average molecular weight is 540 g/mol. The molecule has 1 N–H and O–H groups in total. The summed E-state index contributed by atoms with van der Waals surface area (Å²) in [5.74, 6) is -0.371. The van der Waals surface area contributed by atoms with Crippen LogP contribution in [0.15, 0.2) is 82.8 Å². The first kappa shape index (κ1) is 27.0. The number of sulfonamides is 1. The second kappa shape index (κ2) is 11.4. The van der Waals surface area contributed by atoms with Crippen molar-refractivity contribution in [1.82, 2.24) is 5.43 Å². The largest absolute Gasteiger partial charge is 0.494 e.